The van der Waals surface area contributed by atoms with E-state index in [2.05, 4.69) is 85.7 Å². The van der Waals surface area contributed by atoms with Crippen molar-refractivity contribution in [3.63, 3.8) is 0 Å². The fraction of sp³-hybridized carbons (Fsp3) is 0.0588. The molecule has 0 fully saturated rings. The molecule has 6 rings (SSSR count). The molecule has 4 aromatic carbocycles. The van der Waals surface area contributed by atoms with Gasteiger partial charge in [-0.05, 0) is 40.3 Å². The largest absolute Gasteiger partial charge is 0.377 e. The summed E-state index contributed by atoms with van der Waals surface area (Å²) in [5.41, 5.74) is 7.61. The van der Waals surface area contributed by atoms with E-state index >= 15 is 0 Å². The zero-order chi connectivity index (χ0) is 25.4. The second-order valence-corrected chi connectivity index (χ2v) is 9.45. The van der Waals surface area contributed by atoms with Crippen LogP contribution in [0.15, 0.2) is 115 Å². The van der Waals surface area contributed by atoms with E-state index in [1.807, 2.05) is 65.4 Å². The van der Waals surface area contributed by atoms with Gasteiger partial charge in [0.15, 0.2) is 6.20 Å². The molecule has 5 aromatic rings. The lowest BCUT2D eigenvalue weighted by atomic mass is 9.97. The van der Waals surface area contributed by atoms with Crippen LogP contribution in [-0.4, -0.2) is 19.9 Å². The highest BCUT2D eigenvalue weighted by Crippen LogP contribution is 2.33. The van der Waals surface area contributed by atoms with Crippen molar-refractivity contribution >= 4 is 45.7 Å². The average molecular weight is 480 g/mol. The number of allylic oxidation sites excluding steroid dienone is 1. The van der Waals surface area contributed by atoms with Crippen LogP contribution in [0.4, 0.5) is 5.69 Å². The van der Waals surface area contributed by atoms with Gasteiger partial charge < -0.3 is 4.90 Å². The molecule has 3 heteroatoms. The SMILES string of the molecule is CN(C)c1ccc(C=Cc2cc[n+]3c(c2)C(=O)C(c2ccccc2)=C3c2ccccc2)c2ccccc12. The van der Waals surface area contributed by atoms with Gasteiger partial charge in [-0.15, -0.1) is 0 Å². The van der Waals surface area contributed by atoms with E-state index in [9.17, 15) is 4.79 Å². The molecule has 0 aliphatic carbocycles. The van der Waals surface area contributed by atoms with Gasteiger partial charge in [-0.1, -0.05) is 91.0 Å². The number of hydrogen-bond acceptors (Lipinski definition) is 2. The van der Waals surface area contributed by atoms with E-state index in [0.29, 0.717) is 5.69 Å². The smallest absolute Gasteiger partial charge is 0.264 e. The van der Waals surface area contributed by atoms with E-state index in [-0.39, 0.29) is 5.78 Å². The predicted molar refractivity (Wildman–Crippen MR) is 153 cm³/mol. The Labute approximate surface area is 217 Å². The quantitative estimate of drug-likeness (QED) is 0.254. The van der Waals surface area contributed by atoms with Gasteiger partial charge in [0, 0.05) is 42.9 Å². The Morgan fingerprint density at radius 2 is 1.32 bits per heavy atom. The fourth-order valence-corrected chi connectivity index (χ4v) is 5.13. The Bertz CT molecular complexity index is 1700. The van der Waals surface area contributed by atoms with E-state index < -0.39 is 0 Å². The molecule has 0 saturated carbocycles. The Morgan fingerprint density at radius 1 is 0.676 bits per heavy atom. The second kappa shape index (κ2) is 9.36. The highest BCUT2D eigenvalue weighted by molar-refractivity contribution is 6.34. The van der Waals surface area contributed by atoms with Gasteiger partial charge in [-0.2, -0.15) is 4.57 Å². The monoisotopic (exact) mass is 479 g/mol. The summed E-state index contributed by atoms with van der Waals surface area (Å²) in [4.78, 5) is 15.9. The van der Waals surface area contributed by atoms with Gasteiger partial charge in [0.25, 0.3) is 11.5 Å². The van der Waals surface area contributed by atoms with Gasteiger partial charge in [-0.3, -0.25) is 4.79 Å². The highest BCUT2D eigenvalue weighted by Gasteiger charge is 2.39. The van der Waals surface area contributed by atoms with Crippen LogP contribution in [-0.2, 0) is 0 Å². The molecule has 178 valence electrons. The molecule has 1 aliphatic heterocycles. The normalized spacial score (nSPS) is 13.0. The van der Waals surface area contributed by atoms with E-state index in [1.54, 1.807) is 0 Å². The topological polar surface area (TPSA) is 24.2 Å². The predicted octanol–water partition coefficient (Wildman–Crippen LogP) is 6.98. The Morgan fingerprint density at radius 3 is 2.03 bits per heavy atom. The number of fused-ring (bicyclic) bond motifs is 2. The third-order valence-corrected chi connectivity index (χ3v) is 6.90. The van der Waals surface area contributed by atoms with Crippen LogP contribution in [0, 0.1) is 0 Å². The third kappa shape index (κ3) is 4.05. The molecular formula is C34H27N2O+. The summed E-state index contributed by atoms with van der Waals surface area (Å²) in [6.45, 7) is 0. The number of anilines is 1. The third-order valence-electron chi connectivity index (χ3n) is 6.90. The molecule has 1 aromatic heterocycles. The number of Topliss-reactive ketones (excluding diaryl/α,β-unsaturated/α-hetero) is 1. The molecule has 0 unspecified atom stereocenters. The Balaban J connectivity index is 1.42. The minimum absolute atomic E-state index is 0.0427. The minimum Gasteiger partial charge on any atom is -0.377 e. The standard InChI is InChI=1S/C34H27N2O/c1-35(2)30-20-19-25(28-15-9-10-16-29(28)30)18-17-24-21-22-36-31(23-24)34(37)32(26-11-5-3-6-12-26)33(36)27-13-7-4-8-14-27/h3-23H,1-2H3/q+1. The van der Waals surface area contributed by atoms with Crippen LogP contribution in [0.25, 0.3) is 34.2 Å². The average Bonchev–Trinajstić information content (AvgIpc) is 3.24. The number of carbonyl (C=O) groups is 1. The van der Waals surface area contributed by atoms with Gasteiger partial charge in [-0.25, -0.2) is 0 Å². The lowest BCUT2D eigenvalue weighted by Gasteiger charge is -2.16. The fourth-order valence-electron chi connectivity index (χ4n) is 5.13. The summed E-state index contributed by atoms with van der Waals surface area (Å²) in [6, 6.07) is 36.9. The summed E-state index contributed by atoms with van der Waals surface area (Å²) in [5, 5.41) is 2.43. The van der Waals surface area contributed by atoms with Crippen LogP contribution in [0.3, 0.4) is 0 Å². The van der Waals surface area contributed by atoms with Gasteiger partial charge >= 0.3 is 0 Å². The van der Waals surface area contributed by atoms with Crippen molar-refractivity contribution in [1.29, 1.82) is 0 Å². The number of ketones is 1. The molecule has 0 radical (unpaired) electrons. The van der Waals surface area contributed by atoms with Crippen molar-refractivity contribution < 1.29 is 9.36 Å². The zero-order valence-electron chi connectivity index (χ0n) is 20.9. The van der Waals surface area contributed by atoms with Crippen molar-refractivity contribution in [3.05, 3.63) is 143 Å². The maximum atomic E-state index is 13.8. The molecule has 1 aliphatic rings. The summed E-state index contributed by atoms with van der Waals surface area (Å²) in [5.74, 6) is 0.0427. The summed E-state index contributed by atoms with van der Waals surface area (Å²) in [6.07, 6.45) is 6.24. The molecular weight excluding hydrogens is 452 g/mol. The number of aromatic nitrogens is 1. The molecule has 0 N–H and O–H groups in total. The maximum Gasteiger partial charge on any atom is 0.264 e. The van der Waals surface area contributed by atoms with E-state index in [1.165, 1.54) is 16.5 Å². The summed E-state index contributed by atoms with van der Waals surface area (Å²) < 4.78 is 2.03. The molecule has 0 amide bonds. The molecule has 3 nitrogen and oxygen atoms in total. The van der Waals surface area contributed by atoms with Crippen molar-refractivity contribution in [1.82, 2.24) is 0 Å². The second-order valence-electron chi connectivity index (χ2n) is 9.45. The van der Waals surface area contributed by atoms with Crippen LogP contribution in [0.2, 0.25) is 0 Å². The lowest BCUT2D eigenvalue weighted by Crippen LogP contribution is -2.34. The number of pyridine rings is 1. The first-order valence-corrected chi connectivity index (χ1v) is 12.4. The number of carbonyl (C=O) groups excluding carboxylic acids is 1. The molecule has 37 heavy (non-hydrogen) atoms. The van der Waals surface area contributed by atoms with Crippen molar-refractivity contribution in [2.45, 2.75) is 0 Å². The van der Waals surface area contributed by atoms with Crippen molar-refractivity contribution in [2.24, 2.45) is 0 Å². The molecule has 2 heterocycles. The first kappa shape index (κ1) is 22.7. The highest BCUT2D eigenvalue weighted by atomic mass is 16.1. The van der Waals surface area contributed by atoms with Crippen molar-refractivity contribution in [2.75, 3.05) is 19.0 Å². The number of benzene rings is 4. The number of rotatable bonds is 5. The van der Waals surface area contributed by atoms with Gasteiger partial charge in [0.1, 0.15) is 5.57 Å². The molecule has 0 bridgehead atoms. The van der Waals surface area contributed by atoms with Crippen molar-refractivity contribution in [3.8, 4) is 0 Å². The minimum atomic E-state index is 0.0427. The molecule has 0 spiro atoms. The van der Waals surface area contributed by atoms with Crippen LogP contribution < -0.4 is 9.47 Å². The van der Waals surface area contributed by atoms with Gasteiger partial charge in [0.2, 0.25) is 5.70 Å². The van der Waals surface area contributed by atoms with Crippen LogP contribution >= 0.6 is 0 Å². The lowest BCUT2D eigenvalue weighted by molar-refractivity contribution is -0.577. The first-order valence-electron chi connectivity index (χ1n) is 12.4. The summed E-state index contributed by atoms with van der Waals surface area (Å²) >= 11 is 0. The molecule has 0 saturated heterocycles. The van der Waals surface area contributed by atoms with Gasteiger partial charge in [0.05, 0.1) is 0 Å². The molecule has 0 atom stereocenters. The Kier molecular flexibility index (Phi) is 5.74. The maximum absolute atomic E-state index is 13.8. The Hall–Kier alpha value is -4.76. The van der Waals surface area contributed by atoms with Crippen LogP contribution in [0.1, 0.15) is 32.7 Å². The van der Waals surface area contributed by atoms with E-state index in [4.69, 9.17) is 0 Å². The first-order chi connectivity index (χ1) is 18.1. The van der Waals surface area contributed by atoms with E-state index in [0.717, 1.165) is 33.5 Å². The zero-order valence-corrected chi connectivity index (χ0v) is 20.9. The number of hydrogen-bond donors (Lipinski definition) is 0. The van der Waals surface area contributed by atoms with Crippen LogP contribution in [0.5, 0.6) is 0 Å². The summed E-state index contributed by atoms with van der Waals surface area (Å²) in [7, 11) is 4.13. The number of nitrogens with zero attached hydrogens (tertiary/aromatic N) is 2.